The fourth-order valence-electron chi connectivity index (χ4n) is 3.12. The van der Waals surface area contributed by atoms with E-state index >= 15 is 0 Å². The van der Waals surface area contributed by atoms with Crippen LogP contribution in [0, 0.1) is 5.92 Å². The zero-order chi connectivity index (χ0) is 18.4. The zero-order valence-corrected chi connectivity index (χ0v) is 14.5. The number of aromatic nitrogens is 2. The summed E-state index contributed by atoms with van der Waals surface area (Å²) < 4.78 is 7.10. The molecule has 26 heavy (non-hydrogen) atoms. The number of aryl methyl sites for hydroxylation is 1. The van der Waals surface area contributed by atoms with Gasteiger partial charge in [0.15, 0.2) is 0 Å². The molecule has 2 unspecified atom stereocenters. The number of ether oxygens (including phenoxy) is 1. The minimum atomic E-state index is -1.01. The van der Waals surface area contributed by atoms with Gasteiger partial charge in [0, 0.05) is 25.1 Å². The molecule has 0 spiro atoms. The topological polar surface area (TPSA) is 93.5 Å². The first-order valence-corrected chi connectivity index (χ1v) is 8.82. The molecule has 1 aliphatic rings. The molecular weight excluding hydrogens is 334 g/mol. The third-order valence-corrected chi connectivity index (χ3v) is 4.55. The lowest BCUT2D eigenvalue weighted by Crippen LogP contribution is -2.48. The van der Waals surface area contributed by atoms with Crippen molar-refractivity contribution >= 4 is 11.9 Å². The van der Waals surface area contributed by atoms with E-state index in [1.54, 1.807) is 10.9 Å². The number of para-hydroxylation sites is 1. The molecule has 3 rings (SSSR count). The second kappa shape index (κ2) is 8.62. The van der Waals surface area contributed by atoms with E-state index in [9.17, 15) is 14.7 Å². The molecule has 2 heterocycles. The number of hydrogen-bond acceptors (Lipinski definition) is 4. The summed E-state index contributed by atoms with van der Waals surface area (Å²) in [5, 5.41) is 16.4. The van der Waals surface area contributed by atoms with Gasteiger partial charge in [-0.3, -0.25) is 4.79 Å². The number of benzene rings is 1. The summed E-state index contributed by atoms with van der Waals surface area (Å²) in [5.41, 5.74) is 1.88. The Hall–Kier alpha value is -2.67. The third-order valence-electron chi connectivity index (χ3n) is 4.55. The van der Waals surface area contributed by atoms with Gasteiger partial charge in [0.2, 0.25) is 5.91 Å². The summed E-state index contributed by atoms with van der Waals surface area (Å²) in [6.07, 6.45) is 5.91. The number of nitrogens with one attached hydrogen (secondary N) is 1. The van der Waals surface area contributed by atoms with Gasteiger partial charge >= 0.3 is 5.97 Å². The lowest BCUT2D eigenvalue weighted by Gasteiger charge is -2.28. The molecule has 1 aromatic carbocycles. The quantitative estimate of drug-likeness (QED) is 0.788. The highest BCUT2D eigenvalue weighted by atomic mass is 16.5. The minimum Gasteiger partial charge on any atom is -0.480 e. The summed E-state index contributed by atoms with van der Waals surface area (Å²) in [4.78, 5) is 23.7. The van der Waals surface area contributed by atoms with E-state index in [0.717, 1.165) is 24.1 Å². The van der Waals surface area contributed by atoms with Crippen LogP contribution in [-0.2, 0) is 20.7 Å². The number of amides is 1. The van der Waals surface area contributed by atoms with Gasteiger partial charge in [-0.1, -0.05) is 18.2 Å². The lowest BCUT2D eigenvalue weighted by atomic mass is 9.93. The summed E-state index contributed by atoms with van der Waals surface area (Å²) >= 11 is 0. The molecule has 2 N–H and O–H groups in total. The second-order valence-corrected chi connectivity index (χ2v) is 6.49. The fourth-order valence-corrected chi connectivity index (χ4v) is 3.12. The predicted molar refractivity (Wildman–Crippen MR) is 95.0 cm³/mol. The Labute approximate surface area is 152 Å². The highest BCUT2D eigenvalue weighted by Gasteiger charge is 2.31. The normalized spacial score (nSPS) is 18.2. The van der Waals surface area contributed by atoms with Crippen LogP contribution in [0.1, 0.15) is 24.8 Å². The second-order valence-electron chi connectivity index (χ2n) is 6.49. The van der Waals surface area contributed by atoms with E-state index in [0.29, 0.717) is 19.6 Å². The molecule has 0 bridgehead atoms. The van der Waals surface area contributed by atoms with Crippen molar-refractivity contribution in [1.29, 1.82) is 0 Å². The number of carbonyl (C=O) groups is 2. The van der Waals surface area contributed by atoms with Gasteiger partial charge in [-0.05, 0) is 37.0 Å². The van der Waals surface area contributed by atoms with Crippen LogP contribution in [0.2, 0.25) is 0 Å². The Bertz CT molecular complexity index is 738. The fraction of sp³-hybridized carbons (Fsp3) is 0.421. The Kier molecular flexibility index (Phi) is 6.01. The molecule has 1 fully saturated rings. The summed E-state index contributed by atoms with van der Waals surface area (Å²) in [5.74, 6) is -1.45. The van der Waals surface area contributed by atoms with Gasteiger partial charge < -0.3 is 15.2 Å². The van der Waals surface area contributed by atoms with Gasteiger partial charge in [0.25, 0.3) is 0 Å². The predicted octanol–water partition coefficient (Wildman–Crippen LogP) is 1.80. The molecule has 1 amide bonds. The average Bonchev–Trinajstić information content (AvgIpc) is 3.15. The Morgan fingerprint density at radius 3 is 2.85 bits per heavy atom. The monoisotopic (exact) mass is 357 g/mol. The molecule has 138 valence electrons. The third kappa shape index (κ3) is 4.70. The Morgan fingerprint density at radius 2 is 2.15 bits per heavy atom. The van der Waals surface area contributed by atoms with E-state index in [4.69, 9.17) is 4.74 Å². The molecule has 7 heteroatoms. The van der Waals surface area contributed by atoms with E-state index < -0.39 is 12.0 Å². The van der Waals surface area contributed by atoms with Crippen LogP contribution in [0.25, 0.3) is 5.69 Å². The van der Waals surface area contributed by atoms with Crippen LogP contribution in [0.4, 0.5) is 0 Å². The van der Waals surface area contributed by atoms with Crippen LogP contribution < -0.4 is 5.32 Å². The standard InChI is InChI=1S/C19H23N3O4/c23-17(21-18(19(24)25)15-5-4-10-26-13-15)9-8-14-11-20-22(12-14)16-6-2-1-3-7-16/h1-3,6-7,11-12,15,18H,4-5,8-10,13H2,(H,21,23)(H,24,25). The maximum Gasteiger partial charge on any atom is 0.326 e. The number of hydrogen-bond donors (Lipinski definition) is 2. The highest BCUT2D eigenvalue weighted by molar-refractivity contribution is 5.83. The van der Waals surface area contributed by atoms with Crippen LogP contribution in [0.15, 0.2) is 42.7 Å². The van der Waals surface area contributed by atoms with Crippen molar-refractivity contribution in [2.45, 2.75) is 31.7 Å². The Morgan fingerprint density at radius 1 is 1.35 bits per heavy atom. The molecule has 7 nitrogen and oxygen atoms in total. The summed E-state index contributed by atoms with van der Waals surface area (Å²) in [6.45, 7) is 1.03. The first-order chi connectivity index (χ1) is 12.6. The van der Waals surface area contributed by atoms with Crippen molar-refractivity contribution in [1.82, 2.24) is 15.1 Å². The first kappa shape index (κ1) is 18.1. The van der Waals surface area contributed by atoms with E-state index in [1.165, 1.54) is 0 Å². The van der Waals surface area contributed by atoms with Crippen molar-refractivity contribution < 1.29 is 19.4 Å². The summed E-state index contributed by atoms with van der Waals surface area (Å²) in [7, 11) is 0. The first-order valence-electron chi connectivity index (χ1n) is 8.82. The van der Waals surface area contributed by atoms with Crippen LogP contribution in [0.5, 0.6) is 0 Å². The van der Waals surface area contributed by atoms with E-state index in [1.807, 2.05) is 36.5 Å². The maximum absolute atomic E-state index is 12.2. The zero-order valence-electron chi connectivity index (χ0n) is 14.5. The van der Waals surface area contributed by atoms with Crippen LogP contribution in [-0.4, -0.2) is 46.0 Å². The maximum atomic E-state index is 12.2. The van der Waals surface area contributed by atoms with Gasteiger partial charge in [0.1, 0.15) is 6.04 Å². The van der Waals surface area contributed by atoms with Crippen molar-refractivity contribution in [3.8, 4) is 5.69 Å². The van der Waals surface area contributed by atoms with Crippen LogP contribution in [0.3, 0.4) is 0 Å². The number of aliphatic carboxylic acids is 1. The van der Waals surface area contributed by atoms with Crippen LogP contribution >= 0.6 is 0 Å². The number of carboxylic acids is 1. The highest BCUT2D eigenvalue weighted by Crippen LogP contribution is 2.18. The molecule has 1 saturated heterocycles. The smallest absolute Gasteiger partial charge is 0.326 e. The van der Waals surface area contributed by atoms with E-state index in [-0.39, 0.29) is 18.2 Å². The van der Waals surface area contributed by atoms with Gasteiger partial charge in [-0.25, -0.2) is 9.48 Å². The number of carboxylic acid groups (broad SMARTS) is 1. The lowest BCUT2D eigenvalue weighted by molar-refractivity contribution is -0.145. The number of carbonyl (C=O) groups excluding carboxylic acids is 1. The minimum absolute atomic E-state index is 0.175. The van der Waals surface area contributed by atoms with Gasteiger partial charge in [-0.15, -0.1) is 0 Å². The van der Waals surface area contributed by atoms with Gasteiger partial charge in [-0.2, -0.15) is 5.10 Å². The average molecular weight is 357 g/mol. The van der Waals surface area contributed by atoms with Crippen molar-refractivity contribution in [3.63, 3.8) is 0 Å². The molecule has 0 saturated carbocycles. The van der Waals surface area contributed by atoms with E-state index in [2.05, 4.69) is 10.4 Å². The Balaban J connectivity index is 1.53. The molecule has 0 radical (unpaired) electrons. The largest absolute Gasteiger partial charge is 0.480 e. The molecular formula is C19H23N3O4. The molecule has 0 aliphatic carbocycles. The van der Waals surface area contributed by atoms with Crippen molar-refractivity contribution in [2.24, 2.45) is 5.92 Å². The number of rotatable bonds is 7. The van der Waals surface area contributed by atoms with Crippen molar-refractivity contribution in [2.75, 3.05) is 13.2 Å². The molecule has 1 aromatic heterocycles. The molecule has 1 aliphatic heterocycles. The SMILES string of the molecule is O=C(CCc1cnn(-c2ccccc2)c1)NC(C(=O)O)C1CCCOC1. The van der Waals surface area contributed by atoms with Gasteiger partial charge in [0.05, 0.1) is 18.5 Å². The molecule has 2 atom stereocenters. The summed E-state index contributed by atoms with van der Waals surface area (Å²) in [6, 6.07) is 8.82. The number of nitrogens with zero attached hydrogens (tertiary/aromatic N) is 2. The molecule has 2 aromatic rings. The van der Waals surface area contributed by atoms with Crippen molar-refractivity contribution in [3.05, 3.63) is 48.3 Å².